The highest BCUT2D eigenvalue weighted by atomic mass is 16.2. The highest BCUT2D eigenvalue weighted by Crippen LogP contribution is 2.35. The topological polar surface area (TPSA) is 65.5 Å². The van der Waals surface area contributed by atoms with E-state index in [2.05, 4.69) is 10.3 Å². The van der Waals surface area contributed by atoms with Gasteiger partial charge in [-0.25, -0.2) is 0 Å². The molecule has 1 saturated heterocycles. The molecule has 1 atom stereocenters. The lowest BCUT2D eigenvalue weighted by molar-refractivity contribution is -0.150. The minimum atomic E-state index is -0.695. The van der Waals surface area contributed by atoms with Crippen molar-refractivity contribution in [3.63, 3.8) is 0 Å². The van der Waals surface area contributed by atoms with Crippen LogP contribution in [0.25, 0.3) is 0 Å². The molecule has 0 saturated carbocycles. The minimum Gasteiger partial charge on any atom is -0.347 e. The van der Waals surface area contributed by atoms with Gasteiger partial charge in [-0.1, -0.05) is 6.07 Å². The molecule has 132 valence electrons. The zero-order valence-electron chi connectivity index (χ0n) is 14.9. The van der Waals surface area contributed by atoms with Crippen molar-refractivity contribution < 1.29 is 9.59 Å². The first-order valence-corrected chi connectivity index (χ1v) is 8.57. The molecule has 1 aliphatic heterocycles. The molecule has 0 aliphatic carbocycles. The summed E-state index contributed by atoms with van der Waals surface area (Å²) in [5.74, 6) is 0.0437. The van der Waals surface area contributed by atoms with Crippen LogP contribution in [0.15, 0.2) is 24.5 Å². The van der Waals surface area contributed by atoms with Crippen molar-refractivity contribution in [2.75, 3.05) is 34.2 Å². The van der Waals surface area contributed by atoms with Crippen LogP contribution in [0.4, 0.5) is 0 Å². The van der Waals surface area contributed by atoms with Crippen LogP contribution in [0, 0.1) is 0 Å². The van der Waals surface area contributed by atoms with Gasteiger partial charge in [-0.05, 0) is 50.8 Å². The van der Waals surface area contributed by atoms with E-state index >= 15 is 0 Å². The molecule has 1 aromatic rings. The highest BCUT2D eigenvalue weighted by molar-refractivity contribution is 5.92. The van der Waals surface area contributed by atoms with Crippen molar-refractivity contribution in [2.24, 2.45) is 0 Å². The second-order valence-electron chi connectivity index (χ2n) is 6.63. The van der Waals surface area contributed by atoms with Crippen LogP contribution in [-0.2, 0) is 16.0 Å². The quantitative estimate of drug-likeness (QED) is 0.811. The first-order valence-electron chi connectivity index (χ1n) is 8.57. The lowest BCUT2D eigenvalue weighted by Crippen LogP contribution is -2.58. The fraction of sp³-hybridized carbons (Fsp3) is 0.611. The Hall–Kier alpha value is -1.95. The van der Waals surface area contributed by atoms with Crippen molar-refractivity contribution in [1.82, 2.24) is 20.1 Å². The Balaban J connectivity index is 2.14. The summed E-state index contributed by atoms with van der Waals surface area (Å²) in [6.07, 6.45) is 7.65. The number of rotatable bonds is 7. The Kier molecular flexibility index (Phi) is 6.31. The largest absolute Gasteiger partial charge is 0.347 e. The number of nitrogens with zero attached hydrogens (tertiary/aromatic N) is 3. The molecule has 0 aromatic carbocycles. The smallest absolute Gasteiger partial charge is 0.248 e. The average molecular weight is 332 g/mol. The van der Waals surface area contributed by atoms with Gasteiger partial charge in [-0.15, -0.1) is 0 Å². The Morgan fingerprint density at radius 1 is 1.42 bits per heavy atom. The molecule has 1 fully saturated rings. The van der Waals surface area contributed by atoms with E-state index in [1.807, 2.05) is 18.3 Å². The van der Waals surface area contributed by atoms with E-state index in [9.17, 15) is 9.59 Å². The molecule has 2 rings (SSSR count). The van der Waals surface area contributed by atoms with Crippen LogP contribution < -0.4 is 5.32 Å². The Morgan fingerprint density at radius 3 is 2.83 bits per heavy atom. The molecule has 6 nitrogen and oxygen atoms in total. The molecule has 0 bridgehead atoms. The number of likely N-dealkylation sites (N-methyl/N-ethyl adjacent to an activating group) is 2. The molecule has 6 heteroatoms. The average Bonchev–Trinajstić information content (AvgIpc) is 3.00. The molecular formula is C18H28N4O2. The third-order valence-corrected chi connectivity index (χ3v) is 4.70. The summed E-state index contributed by atoms with van der Waals surface area (Å²) in [5, 5.41) is 2.91. The normalized spacial score (nSPS) is 20.2. The Morgan fingerprint density at radius 2 is 2.21 bits per heavy atom. The summed E-state index contributed by atoms with van der Waals surface area (Å²) in [5.41, 5.74) is 0.468. The highest BCUT2D eigenvalue weighted by Gasteiger charge is 2.49. The molecule has 2 heterocycles. The van der Waals surface area contributed by atoms with Gasteiger partial charge in [-0.2, -0.15) is 0 Å². The maximum absolute atomic E-state index is 12.9. The number of aryl methyl sites for hydroxylation is 1. The Bertz CT molecular complexity index is 561. The van der Waals surface area contributed by atoms with Crippen molar-refractivity contribution in [3.8, 4) is 0 Å². The van der Waals surface area contributed by atoms with Crippen LogP contribution >= 0.6 is 0 Å². The fourth-order valence-electron chi connectivity index (χ4n) is 3.63. The van der Waals surface area contributed by atoms with Crippen molar-refractivity contribution >= 4 is 11.8 Å². The van der Waals surface area contributed by atoms with Crippen LogP contribution in [0.1, 0.15) is 31.2 Å². The van der Waals surface area contributed by atoms with Crippen LogP contribution in [-0.4, -0.2) is 66.4 Å². The predicted octanol–water partition coefficient (Wildman–Crippen LogP) is 1.07. The number of hydrogen-bond acceptors (Lipinski definition) is 4. The van der Waals surface area contributed by atoms with Gasteiger partial charge >= 0.3 is 0 Å². The summed E-state index contributed by atoms with van der Waals surface area (Å²) in [4.78, 5) is 33.0. The molecule has 1 aliphatic rings. The van der Waals surface area contributed by atoms with Gasteiger partial charge in [0.15, 0.2) is 0 Å². The van der Waals surface area contributed by atoms with Gasteiger partial charge in [0.1, 0.15) is 5.54 Å². The van der Waals surface area contributed by atoms with E-state index in [4.69, 9.17) is 0 Å². The summed E-state index contributed by atoms with van der Waals surface area (Å²) in [6.45, 7) is 0.929. The molecule has 0 radical (unpaired) electrons. The number of likely N-dealkylation sites (tertiary alicyclic amines) is 1. The van der Waals surface area contributed by atoms with Gasteiger partial charge < -0.3 is 15.1 Å². The number of amides is 2. The van der Waals surface area contributed by atoms with Crippen molar-refractivity contribution in [2.45, 2.75) is 37.6 Å². The summed E-state index contributed by atoms with van der Waals surface area (Å²) in [6, 6.07) is 3.97. The molecule has 0 spiro atoms. The number of aromatic nitrogens is 1. The third kappa shape index (κ3) is 3.93. The first-order chi connectivity index (χ1) is 11.5. The van der Waals surface area contributed by atoms with E-state index in [-0.39, 0.29) is 18.4 Å². The number of hydrogen-bond donors (Lipinski definition) is 1. The summed E-state index contributed by atoms with van der Waals surface area (Å²) < 4.78 is 0. The summed E-state index contributed by atoms with van der Waals surface area (Å²) in [7, 11) is 5.29. The van der Waals surface area contributed by atoms with Gasteiger partial charge in [0, 0.05) is 33.0 Å². The third-order valence-electron chi connectivity index (χ3n) is 4.70. The SMILES string of the molecule is CNCC(=O)N1CCCC1(CCCc1cccnc1)C(=O)N(C)C. The zero-order chi connectivity index (χ0) is 17.6. The van der Waals surface area contributed by atoms with Gasteiger partial charge in [0.2, 0.25) is 11.8 Å². The minimum absolute atomic E-state index is 0.00609. The second-order valence-corrected chi connectivity index (χ2v) is 6.63. The van der Waals surface area contributed by atoms with E-state index in [0.29, 0.717) is 13.0 Å². The van der Waals surface area contributed by atoms with Gasteiger partial charge in [0.25, 0.3) is 0 Å². The predicted molar refractivity (Wildman–Crippen MR) is 93.5 cm³/mol. The van der Waals surface area contributed by atoms with E-state index in [1.165, 1.54) is 0 Å². The second kappa shape index (κ2) is 8.24. The standard InChI is InChI=1S/C18H28N4O2/c1-19-14-16(23)22-12-6-10-18(22,17(24)21(2)3)9-4-7-15-8-5-11-20-13-15/h5,8,11,13,19H,4,6-7,9-10,12,14H2,1-3H3. The van der Waals surface area contributed by atoms with Crippen LogP contribution in [0.2, 0.25) is 0 Å². The maximum Gasteiger partial charge on any atom is 0.248 e. The maximum atomic E-state index is 12.9. The van der Waals surface area contributed by atoms with E-state index < -0.39 is 5.54 Å². The van der Waals surface area contributed by atoms with Crippen molar-refractivity contribution in [1.29, 1.82) is 0 Å². The molecule has 1 unspecified atom stereocenters. The Labute approximate surface area is 144 Å². The van der Waals surface area contributed by atoms with Crippen molar-refractivity contribution in [3.05, 3.63) is 30.1 Å². The number of carbonyl (C=O) groups is 2. The van der Waals surface area contributed by atoms with Crippen LogP contribution in [0.5, 0.6) is 0 Å². The van der Waals surface area contributed by atoms with E-state index in [0.717, 1.165) is 31.2 Å². The number of nitrogens with one attached hydrogen (secondary N) is 1. The summed E-state index contributed by atoms with van der Waals surface area (Å²) >= 11 is 0. The lowest BCUT2D eigenvalue weighted by Gasteiger charge is -2.39. The number of pyridine rings is 1. The first kappa shape index (κ1) is 18.4. The molecule has 1 aromatic heterocycles. The monoisotopic (exact) mass is 332 g/mol. The van der Waals surface area contributed by atoms with Gasteiger partial charge in [0.05, 0.1) is 6.54 Å². The number of carbonyl (C=O) groups excluding carboxylic acids is 2. The van der Waals surface area contributed by atoms with Gasteiger partial charge in [-0.3, -0.25) is 14.6 Å². The van der Waals surface area contributed by atoms with Crippen LogP contribution in [0.3, 0.4) is 0 Å². The molecule has 2 amide bonds. The molecule has 24 heavy (non-hydrogen) atoms. The molecule has 1 N–H and O–H groups in total. The zero-order valence-corrected chi connectivity index (χ0v) is 14.9. The molecular weight excluding hydrogens is 304 g/mol. The fourth-order valence-corrected chi connectivity index (χ4v) is 3.63. The van der Waals surface area contributed by atoms with E-state index in [1.54, 1.807) is 37.1 Å². The lowest BCUT2D eigenvalue weighted by atomic mass is 9.87.